The SMILES string of the molecule is O=C([O-])CC(NC(CC(=O)O)C(=O)O)C(=O)O.[Pr]. The number of hydrogen-bond acceptors (Lipinski definition) is 6. The molecule has 0 aliphatic heterocycles. The van der Waals surface area contributed by atoms with E-state index in [4.69, 9.17) is 15.3 Å². The Morgan fingerprint density at radius 3 is 1.61 bits per heavy atom. The molecule has 9 nitrogen and oxygen atoms in total. The summed E-state index contributed by atoms with van der Waals surface area (Å²) in [5.74, 6) is -6.34. The molecule has 18 heavy (non-hydrogen) atoms. The molecule has 0 spiro atoms. The van der Waals surface area contributed by atoms with Gasteiger partial charge in [0.2, 0.25) is 0 Å². The summed E-state index contributed by atoms with van der Waals surface area (Å²) < 4.78 is 0. The van der Waals surface area contributed by atoms with Crippen molar-refractivity contribution in [3.8, 4) is 0 Å². The molecule has 10 heteroatoms. The third-order valence-corrected chi connectivity index (χ3v) is 1.75. The van der Waals surface area contributed by atoms with E-state index in [2.05, 4.69) is 0 Å². The molecule has 0 saturated carbocycles. The van der Waals surface area contributed by atoms with Gasteiger partial charge in [-0.2, -0.15) is 0 Å². The average molecular weight is 389 g/mol. The fourth-order valence-electron chi connectivity index (χ4n) is 1.02. The third-order valence-electron chi connectivity index (χ3n) is 1.75. The van der Waals surface area contributed by atoms with E-state index in [1.54, 1.807) is 0 Å². The van der Waals surface area contributed by atoms with Gasteiger partial charge in [0.15, 0.2) is 0 Å². The second-order valence-corrected chi connectivity index (χ2v) is 3.12. The Labute approximate surface area is 134 Å². The van der Waals surface area contributed by atoms with Gasteiger partial charge in [0.25, 0.3) is 0 Å². The van der Waals surface area contributed by atoms with Gasteiger partial charge in [0.1, 0.15) is 12.1 Å². The van der Waals surface area contributed by atoms with Crippen LogP contribution in [0.25, 0.3) is 0 Å². The van der Waals surface area contributed by atoms with E-state index < -0.39 is 48.8 Å². The summed E-state index contributed by atoms with van der Waals surface area (Å²) in [5.41, 5.74) is 0. The Balaban J connectivity index is 0. The molecule has 0 fully saturated rings. The Bertz CT molecular complexity index is 312. The van der Waals surface area contributed by atoms with Crippen LogP contribution in [0.2, 0.25) is 0 Å². The molecule has 2 atom stereocenters. The van der Waals surface area contributed by atoms with E-state index >= 15 is 0 Å². The quantitative estimate of drug-likeness (QED) is 0.341. The third kappa shape index (κ3) is 8.32. The fraction of sp³-hybridized carbons (Fsp3) is 0.500. The summed E-state index contributed by atoms with van der Waals surface area (Å²) in [4.78, 5) is 41.7. The first kappa shape index (κ1) is 19.5. The number of hydrogen-bond donors (Lipinski definition) is 4. The molecule has 0 rings (SSSR count). The molecule has 2 unspecified atom stereocenters. The number of aliphatic carboxylic acids is 4. The minimum atomic E-state index is -1.72. The van der Waals surface area contributed by atoms with Gasteiger partial charge < -0.3 is 25.2 Å². The van der Waals surface area contributed by atoms with Gasteiger partial charge in [-0.3, -0.25) is 19.7 Å². The van der Waals surface area contributed by atoms with Gasteiger partial charge in [0.05, 0.1) is 6.42 Å². The minimum absolute atomic E-state index is 0. The maximum absolute atomic E-state index is 10.6. The Hall–Kier alpha value is -0.796. The molecular formula is C8H10NO8Pr-. The predicted octanol–water partition coefficient (Wildman–Crippen LogP) is -2.90. The van der Waals surface area contributed by atoms with Gasteiger partial charge in [-0.25, -0.2) is 0 Å². The molecule has 1 radical (unpaired) electrons. The smallest absolute Gasteiger partial charge is 0.321 e. The van der Waals surface area contributed by atoms with E-state index in [0.29, 0.717) is 0 Å². The standard InChI is InChI=1S/C8H11NO8.Pr/c10-5(11)1-3(7(14)15)9-4(8(16)17)2-6(12)13;/h3-4,9H,1-2H2,(H,10,11)(H,12,13)(H,14,15)(H,16,17);/p-1. The maximum Gasteiger partial charge on any atom is 0.321 e. The molecule has 0 amide bonds. The summed E-state index contributed by atoms with van der Waals surface area (Å²) in [5, 5.41) is 37.7. The maximum atomic E-state index is 10.6. The zero-order valence-corrected chi connectivity index (χ0v) is 12.7. The van der Waals surface area contributed by atoms with Crippen molar-refractivity contribution in [3.63, 3.8) is 0 Å². The topological polar surface area (TPSA) is 164 Å². The second-order valence-electron chi connectivity index (χ2n) is 3.12. The van der Waals surface area contributed by atoms with Gasteiger partial charge in [0, 0.05) is 53.7 Å². The van der Waals surface area contributed by atoms with Crippen molar-refractivity contribution in [1.29, 1.82) is 0 Å². The van der Waals surface area contributed by atoms with Crippen LogP contribution in [-0.4, -0.2) is 51.3 Å². The van der Waals surface area contributed by atoms with Crippen LogP contribution in [0.1, 0.15) is 12.8 Å². The first-order valence-corrected chi connectivity index (χ1v) is 4.37. The minimum Gasteiger partial charge on any atom is -0.550 e. The van der Waals surface area contributed by atoms with Crippen molar-refractivity contribution in [1.82, 2.24) is 5.32 Å². The molecule has 0 heterocycles. The molecule has 0 aromatic rings. The Morgan fingerprint density at radius 1 is 0.944 bits per heavy atom. The van der Waals surface area contributed by atoms with Gasteiger partial charge in [-0.15, -0.1) is 0 Å². The van der Waals surface area contributed by atoms with Gasteiger partial charge in [-0.05, 0) is 0 Å². The van der Waals surface area contributed by atoms with E-state index in [0.717, 1.165) is 0 Å². The van der Waals surface area contributed by atoms with Crippen LogP contribution in [0.15, 0.2) is 0 Å². The molecule has 0 aliphatic carbocycles. The Morgan fingerprint density at radius 2 is 1.33 bits per heavy atom. The van der Waals surface area contributed by atoms with Gasteiger partial charge in [-0.1, -0.05) is 0 Å². The van der Waals surface area contributed by atoms with Crippen LogP contribution < -0.4 is 10.4 Å². The molecule has 4 N–H and O–H groups in total. The molecule has 0 aromatic heterocycles. The second kappa shape index (κ2) is 9.18. The summed E-state index contributed by atoms with van der Waals surface area (Å²) in [6.45, 7) is 0. The summed E-state index contributed by atoms with van der Waals surface area (Å²) in [6, 6.07) is -3.41. The summed E-state index contributed by atoms with van der Waals surface area (Å²) >= 11 is 0. The Kier molecular flexibility index (Phi) is 9.96. The van der Waals surface area contributed by atoms with Crippen molar-refractivity contribution in [2.24, 2.45) is 0 Å². The van der Waals surface area contributed by atoms with E-state index in [1.807, 2.05) is 5.32 Å². The molecule has 99 valence electrons. The van der Waals surface area contributed by atoms with Crippen LogP contribution in [0, 0.1) is 41.3 Å². The first-order valence-electron chi connectivity index (χ1n) is 4.37. The zero-order valence-electron chi connectivity index (χ0n) is 9.03. The summed E-state index contributed by atoms with van der Waals surface area (Å²) in [7, 11) is 0. The van der Waals surface area contributed by atoms with Crippen molar-refractivity contribution in [3.05, 3.63) is 0 Å². The van der Waals surface area contributed by atoms with E-state index in [-0.39, 0.29) is 41.3 Å². The average Bonchev–Trinajstić information content (AvgIpc) is 2.13. The van der Waals surface area contributed by atoms with Crippen molar-refractivity contribution in [2.75, 3.05) is 0 Å². The van der Waals surface area contributed by atoms with Crippen LogP contribution in [0.3, 0.4) is 0 Å². The van der Waals surface area contributed by atoms with Crippen LogP contribution in [-0.2, 0) is 19.2 Å². The zero-order chi connectivity index (χ0) is 13.6. The van der Waals surface area contributed by atoms with Crippen molar-refractivity contribution in [2.45, 2.75) is 24.9 Å². The normalized spacial score (nSPS) is 12.9. The number of carbonyl (C=O) groups is 4. The number of rotatable bonds is 8. The molecule has 0 bridgehead atoms. The molecular weight excluding hydrogens is 379 g/mol. The monoisotopic (exact) mass is 389 g/mol. The van der Waals surface area contributed by atoms with Crippen LogP contribution in [0.4, 0.5) is 0 Å². The largest absolute Gasteiger partial charge is 0.550 e. The molecule has 0 aliphatic rings. The van der Waals surface area contributed by atoms with Crippen LogP contribution in [0.5, 0.6) is 0 Å². The molecule has 0 aromatic carbocycles. The van der Waals surface area contributed by atoms with E-state index in [1.165, 1.54) is 0 Å². The molecule has 0 saturated heterocycles. The number of carboxylic acids is 4. The summed E-state index contributed by atoms with van der Waals surface area (Å²) in [6.07, 6.45) is -1.83. The van der Waals surface area contributed by atoms with Crippen molar-refractivity contribution < 1.29 is 80.9 Å². The number of nitrogens with one attached hydrogen (secondary N) is 1. The van der Waals surface area contributed by atoms with Crippen LogP contribution >= 0.6 is 0 Å². The number of carboxylic acid groups (broad SMARTS) is 4. The predicted molar refractivity (Wildman–Crippen MR) is 47.9 cm³/mol. The first-order chi connectivity index (χ1) is 7.73. The van der Waals surface area contributed by atoms with E-state index in [9.17, 15) is 24.3 Å². The van der Waals surface area contributed by atoms with Gasteiger partial charge >= 0.3 is 17.9 Å². The number of carbonyl (C=O) groups excluding carboxylic acids is 1. The fourth-order valence-corrected chi connectivity index (χ4v) is 1.02. The van der Waals surface area contributed by atoms with Crippen molar-refractivity contribution >= 4 is 23.9 Å².